The first-order valence-electron chi connectivity index (χ1n) is 10.2. The summed E-state index contributed by atoms with van der Waals surface area (Å²) in [6, 6.07) is 14.5. The number of pyridine rings is 1. The van der Waals surface area contributed by atoms with E-state index in [1.165, 1.54) is 5.56 Å². The lowest BCUT2D eigenvalue weighted by Crippen LogP contribution is -2.40. The number of piperidine rings is 1. The van der Waals surface area contributed by atoms with Crippen LogP contribution in [0.5, 0.6) is 0 Å². The largest absolute Gasteiger partial charge is 0.341 e. The van der Waals surface area contributed by atoms with Gasteiger partial charge >= 0.3 is 0 Å². The van der Waals surface area contributed by atoms with Crippen LogP contribution in [0.15, 0.2) is 53.6 Å². The van der Waals surface area contributed by atoms with E-state index in [4.69, 9.17) is 0 Å². The van der Waals surface area contributed by atoms with E-state index in [2.05, 4.69) is 55.2 Å². The molecule has 1 aliphatic rings. The summed E-state index contributed by atoms with van der Waals surface area (Å²) in [7, 11) is 0. The standard InChI is InChI=1S/C23H28N4OS/c1-23(2,3)18-9-11-19(12-10-18)29-16-21(28)26-13-6-7-17(15-26)22-25-24-20-8-4-5-14-27(20)22/h4-5,8-12,14,17H,6-7,13,15-16H2,1-3H3. The molecule has 152 valence electrons. The Morgan fingerprint density at radius 2 is 1.93 bits per heavy atom. The summed E-state index contributed by atoms with van der Waals surface area (Å²) < 4.78 is 2.05. The van der Waals surface area contributed by atoms with Crippen LogP contribution in [-0.2, 0) is 10.2 Å². The number of carbonyl (C=O) groups excluding carboxylic acids is 1. The predicted molar refractivity (Wildman–Crippen MR) is 117 cm³/mol. The summed E-state index contributed by atoms with van der Waals surface area (Å²) in [4.78, 5) is 16.0. The lowest BCUT2D eigenvalue weighted by Gasteiger charge is -2.32. The average molecular weight is 409 g/mol. The summed E-state index contributed by atoms with van der Waals surface area (Å²) >= 11 is 1.62. The van der Waals surface area contributed by atoms with Gasteiger partial charge in [-0.1, -0.05) is 39.0 Å². The lowest BCUT2D eigenvalue weighted by molar-refractivity contribution is -0.129. The van der Waals surface area contributed by atoms with Crippen molar-refractivity contribution in [3.63, 3.8) is 0 Å². The lowest BCUT2D eigenvalue weighted by atomic mass is 9.87. The number of thioether (sulfide) groups is 1. The molecule has 2 aromatic heterocycles. The van der Waals surface area contributed by atoms with Crippen LogP contribution in [0.3, 0.4) is 0 Å². The number of carbonyl (C=O) groups is 1. The minimum atomic E-state index is 0.147. The summed E-state index contributed by atoms with van der Waals surface area (Å²) in [5.74, 6) is 1.88. The third kappa shape index (κ3) is 4.47. The molecule has 4 rings (SSSR count). The molecule has 1 amide bonds. The quantitative estimate of drug-likeness (QED) is 0.596. The molecule has 1 unspecified atom stereocenters. The summed E-state index contributed by atoms with van der Waals surface area (Å²) in [5, 5.41) is 8.67. The molecule has 5 nitrogen and oxygen atoms in total. The molecule has 0 spiro atoms. The van der Waals surface area contributed by atoms with Crippen LogP contribution in [0.4, 0.5) is 0 Å². The van der Waals surface area contributed by atoms with E-state index in [9.17, 15) is 4.79 Å². The number of aromatic nitrogens is 3. The molecule has 1 fully saturated rings. The van der Waals surface area contributed by atoms with Crippen molar-refractivity contribution in [1.29, 1.82) is 0 Å². The fourth-order valence-corrected chi connectivity index (χ4v) is 4.64. The molecule has 0 saturated carbocycles. The Kier molecular flexibility index (Phi) is 5.63. The van der Waals surface area contributed by atoms with Crippen molar-refractivity contribution in [2.75, 3.05) is 18.8 Å². The van der Waals surface area contributed by atoms with Gasteiger partial charge in [-0.15, -0.1) is 22.0 Å². The van der Waals surface area contributed by atoms with E-state index in [1.54, 1.807) is 11.8 Å². The topological polar surface area (TPSA) is 50.5 Å². The van der Waals surface area contributed by atoms with Gasteiger partial charge in [0.05, 0.1) is 5.75 Å². The van der Waals surface area contributed by atoms with E-state index in [0.717, 1.165) is 42.3 Å². The van der Waals surface area contributed by atoms with Gasteiger partial charge in [0.15, 0.2) is 5.65 Å². The molecule has 29 heavy (non-hydrogen) atoms. The molecule has 1 aliphatic heterocycles. The summed E-state index contributed by atoms with van der Waals surface area (Å²) in [5.41, 5.74) is 2.32. The molecule has 0 radical (unpaired) electrons. The van der Waals surface area contributed by atoms with Crippen LogP contribution in [0.25, 0.3) is 5.65 Å². The molecule has 3 aromatic rings. The van der Waals surface area contributed by atoms with Gasteiger partial charge in [0.1, 0.15) is 5.82 Å². The molecule has 1 atom stereocenters. The van der Waals surface area contributed by atoms with Crippen LogP contribution < -0.4 is 0 Å². The van der Waals surface area contributed by atoms with Crippen molar-refractivity contribution in [2.24, 2.45) is 0 Å². The third-order valence-corrected chi connectivity index (χ3v) is 6.56. The number of amides is 1. The van der Waals surface area contributed by atoms with E-state index >= 15 is 0 Å². The third-order valence-electron chi connectivity index (χ3n) is 5.56. The Bertz CT molecular complexity index is 990. The fraction of sp³-hybridized carbons (Fsp3) is 0.435. The van der Waals surface area contributed by atoms with Gasteiger partial charge in [0.25, 0.3) is 0 Å². The zero-order valence-corrected chi connectivity index (χ0v) is 18.2. The van der Waals surface area contributed by atoms with Crippen LogP contribution in [0.2, 0.25) is 0 Å². The molecule has 6 heteroatoms. The van der Waals surface area contributed by atoms with Crippen LogP contribution in [-0.4, -0.2) is 44.2 Å². The fourth-order valence-electron chi connectivity index (χ4n) is 3.84. The Morgan fingerprint density at radius 1 is 1.14 bits per heavy atom. The van der Waals surface area contributed by atoms with Gasteiger partial charge < -0.3 is 4.90 Å². The SMILES string of the molecule is CC(C)(C)c1ccc(SCC(=O)N2CCCC(c3nnc4ccccn34)C2)cc1. The maximum atomic E-state index is 12.8. The highest BCUT2D eigenvalue weighted by Gasteiger charge is 2.27. The second-order valence-corrected chi connectivity index (χ2v) is 9.78. The first-order chi connectivity index (χ1) is 13.9. The van der Waals surface area contributed by atoms with Crippen molar-refractivity contribution >= 4 is 23.3 Å². The van der Waals surface area contributed by atoms with Crippen molar-refractivity contribution in [3.05, 3.63) is 60.0 Å². The summed E-state index contributed by atoms with van der Waals surface area (Å²) in [6.45, 7) is 8.19. The van der Waals surface area contributed by atoms with Gasteiger partial charge in [-0.3, -0.25) is 9.20 Å². The van der Waals surface area contributed by atoms with Crippen molar-refractivity contribution < 1.29 is 4.79 Å². The number of fused-ring (bicyclic) bond motifs is 1. The first-order valence-corrected chi connectivity index (χ1v) is 11.2. The number of hydrogen-bond donors (Lipinski definition) is 0. The molecule has 1 aromatic carbocycles. The maximum Gasteiger partial charge on any atom is 0.232 e. The van der Waals surface area contributed by atoms with Crippen molar-refractivity contribution in [2.45, 2.75) is 49.8 Å². The Balaban J connectivity index is 1.38. The van der Waals surface area contributed by atoms with Crippen LogP contribution >= 0.6 is 11.8 Å². The molecule has 0 bridgehead atoms. The van der Waals surface area contributed by atoms with E-state index < -0.39 is 0 Å². The highest BCUT2D eigenvalue weighted by Crippen LogP contribution is 2.28. The Labute approximate surface area is 176 Å². The average Bonchev–Trinajstić information content (AvgIpc) is 3.16. The van der Waals surface area contributed by atoms with Crippen molar-refractivity contribution in [3.8, 4) is 0 Å². The summed E-state index contributed by atoms with van der Waals surface area (Å²) in [6.07, 6.45) is 4.05. The zero-order valence-electron chi connectivity index (χ0n) is 17.3. The number of hydrogen-bond acceptors (Lipinski definition) is 4. The van der Waals surface area contributed by atoms with E-state index in [1.807, 2.05) is 33.7 Å². The van der Waals surface area contributed by atoms with Gasteiger partial charge in [0, 0.05) is 30.1 Å². The van der Waals surface area contributed by atoms with Gasteiger partial charge in [-0.2, -0.15) is 0 Å². The zero-order chi connectivity index (χ0) is 20.4. The highest BCUT2D eigenvalue weighted by molar-refractivity contribution is 8.00. The van der Waals surface area contributed by atoms with Gasteiger partial charge in [-0.05, 0) is 48.1 Å². The molecule has 1 saturated heterocycles. The van der Waals surface area contributed by atoms with Crippen LogP contribution in [0, 0.1) is 0 Å². The second-order valence-electron chi connectivity index (χ2n) is 8.73. The Hall–Kier alpha value is -2.34. The molecular formula is C23H28N4OS. The van der Waals surface area contributed by atoms with E-state index in [0.29, 0.717) is 5.75 Å². The monoisotopic (exact) mass is 408 g/mol. The number of nitrogens with zero attached hydrogens (tertiary/aromatic N) is 4. The predicted octanol–water partition coefficient (Wildman–Crippen LogP) is 4.53. The Morgan fingerprint density at radius 3 is 2.69 bits per heavy atom. The number of rotatable bonds is 4. The molecule has 0 aliphatic carbocycles. The molecule has 3 heterocycles. The number of likely N-dealkylation sites (tertiary alicyclic amines) is 1. The molecule has 0 N–H and O–H groups in total. The van der Waals surface area contributed by atoms with Gasteiger partial charge in [0.2, 0.25) is 5.91 Å². The van der Waals surface area contributed by atoms with E-state index in [-0.39, 0.29) is 17.2 Å². The molecular weight excluding hydrogens is 380 g/mol. The van der Waals surface area contributed by atoms with Crippen molar-refractivity contribution in [1.82, 2.24) is 19.5 Å². The smallest absolute Gasteiger partial charge is 0.232 e. The minimum absolute atomic E-state index is 0.147. The maximum absolute atomic E-state index is 12.8. The first kappa shape index (κ1) is 20.0. The van der Waals surface area contributed by atoms with Crippen LogP contribution in [0.1, 0.15) is 50.9 Å². The second kappa shape index (κ2) is 8.19. The normalized spacial score (nSPS) is 17.6. The van der Waals surface area contributed by atoms with Gasteiger partial charge in [-0.25, -0.2) is 0 Å². The minimum Gasteiger partial charge on any atom is -0.341 e. The number of benzene rings is 1. The highest BCUT2D eigenvalue weighted by atomic mass is 32.2.